The number of hydrogen-bond donors (Lipinski definition) is 1. The van der Waals surface area contributed by atoms with Crippen molar-refractivity contribution in [2.45, 2.75) is 74.8 Å². The first-order valence-corrected chi connectivity index (χ1v) is 12.5. The van der Waals surface area contributed by atoms with Gasteiger partial charge in [-0.2, -0.15) is 0 Å². The molecule has 1 aromatic carbocycles. The zero-order chi connectivity index (χ0) is 21.2. The largest absolute Gasteiger partial charge is 0.497 e. The van der Waals surface area contributed by atoms with Crippen LogP contribution in [0.5, 0.6) is 5.75 Å². The van der Waals surface area contributed by atoms with E-state index in [9.17, 15) is 9.90 Å². The zero-order valence-electron chi connectivity index (χ0n) is 18.8. The third-order valence-corrected chi connectivity index (χ3v) is 9.25. The second-order valence-electron chi connectivity index (χ2n) is 10.9. The number of rotatable bonds is 4. The van der Waals surface area contributed by atoms with Crippen LogP contribution in [0.15, 0.2) is 18.2 Å². The predicted octanol–water partition coefficient (Wildman–Crippen LogP) is 3.13. The first kappa shape index (κ1) is 20.0. The van der Waals surface area contributed by atoms with Crippen molar-refractivity contribution < 1.29 is 14.6 Å². The number of hydrogen-bond acceptors (Lipinski definition) is 4. The third kappa shape index (κ3) is 2.99. The highest BCUT2D eigenvalue weighted by Crippen LogP contribution is 2.62. The molecule has 2 heterocycles. The van der Waals surface area contributed by atoms with Gasteiger partial charge in [0.25, 0.3) is 0 Å². The molecule has 1 aromatic rings. The lowest BCUT2D eigenvalue weighted by atomic mass is 9.56. The van der Waals surface area contributed by atoms with E-state index in [1.54, 1.807) is 7.11 Å². The maximum atomic E-state index is 13.6. The van der Waals surface area contributed by atoms with Crippen LogP contribution in [0.4, 0.5) is 0 Å². The molecule has 3 aliphatic carbocycles. The van der Waals surface area contributed by atoms with Crippen LogP contribution in [-0.2, 0) is 16.6 Å². The van der Waals surface area contributed by atoms with Crippen LogP contribution in [0.25, 0.3) is 0 Å². The van der Waals surface area contributed by atoms with Gasteiger partial charge in [0, 0.05) is 37.0 Å². The van der Waals surface area contributed by atoms with E-state index >= 15 is 0 Å². The monoisotopic (exact) mass is 424 g/mol. The van der Waals surface area contributed by atoms with Crippen molar-refractivity contribution in [2.24, 2.45) is 11.8 Å². The van der Waals surface area contributed by atoms with Crippen molar-refractivity contribution in [1.29, 1.82) is 0 Å². The maximum Gasteiger partial charge on any atom is 0.225 e. The van der Waals surface area contributed by atoms with E-state index in [1.165, 1.54) is 30.4 Å². The fraction of sp³-hybridized carbons (Fsp3) is 0.731. The Balaban J connectivity index is 1.39. The van der Waals surface area contributed by atoms with Gasteiger partial charge in [-0.1, -0.05) is 6.07 Å². The first-order valence-electron chi connectivity index (χ1n) is 12.5. The van der Waals surface area contributed by atoms with Crippen LogP contribution in [0, 0.1) is 11.8 Å². The molecule has 4 atom stereocenters. The number of aliphatic hydroxyl groups is 1. The minimum absolute atomic E-state index is 0.0661. The topological polar surface area (TPSA) is 53.0 Å². The first-order chi connectivity index (χ1) is 15.0. The molecule has 2 saturated heterocycles. The number of carbonyl (C=O) groups excluding carboxylic acids is 1. The van der Waals surface area contributed by atoms with Gasteiger partial charge >= 0.3 is 0 Å². The number of ether oxygens (including phenoxy) is 1. The molecular formula is C26H36N2O3. The van der Waals surface area contributed by atoms with Gasteiger partial charge in [0.1, 0.15) is 5.75 Å². The van der Waals surface area contributed by atoms with Gasteiger partial charge in [0.15, 0.2) is 0 Å². The van der Waals surface area contributed by atoms with Crippen molar-refractivity contribution in [3.8, 4) is 5.75 Å². The number of benzene rings is 1. The summed E-state index contributed by atoms with van der Waals surface area (Å²) < 4.78 is 5.58. The van der Waals surface area contributed by atoms with E-state index in [4.69, 9.17) is 4.74 Å². The van der Waals surface area contributed by atoms with Crippen molar-refractivity contribution in [1.82, 2.24) is 9.80 Å². The molecule has 5 aliphatic rings. The Hall–Kier alpha value is -1.59. The highest BCUT2D eigenvalue weighted by Gasteiger charge is 2.68. The third-order valence-electron chi connectivity index (χ3n) is 9.25. The van der Waals surface area contributed by atoms with Crippen LogP contribution < -0.4 is 4.74 Å². The van der Waals surface area contributed by atoms with Crippen LogP contribution in [-0.4, -0.2) is 65.7 Å². The van der Waals surface area contributed by atoms with Gasteiger partial charge in [-0.15, -0.1) is 0 Å². The molecule has 0 unspecified atom stereocenters. The summed E-state index contributed by atoms with van der Waals surface area (Å²) in [5.41, 5.74) is 1.46. The van der Waals surface area contributed by atoms with Gasteiger partial charge in [-0.05, 0) is 93.5 Å². The normalized spacial score (nSPS) is 37.3. The standard InChI is InChI=1S/C26H36N2O3/c1-31-21-8-7-19-13-23-26(30)16-20(24(29)27-10-3-2-4-11-27)15-25(26,22(19)14-21)9-12-28(23)17-18-5-6-18/h7-8,14,18,20,23,30H,2-6,9-13,15-17H2,1H3/t20-,23-,25-,26-/m1/s1. The summed E-state index contributed by atoms with van der Waals surface area (Å²) >= 11 is 0. The maximum absolute atomic E-state index is 13.6. The Morgan fingerprint density at radius 3 is 2.71 bits per heavy atom. The van der Waals surface area contributed by atoms with E-state index in [0.717, 1.165) is 70.0 Å². The molecule has 2 saturated carbocycles. The summed E-state index contributed by atoms with van der Waals surface area (Å²) in [5.74, 6) is 1.89. The predicted molar refractivity (Wildman–Crippen MR) is 119 cm³/mol. The lowest BCUT2D eigenvalue weighted by Crippen LogP contribution is -2.69. The van der Waals surface area contributed by atoms with Crippen molar-refractivity contribution in [3.63, 3.8) is 0 Å². The number of likely N-dealkylation sites (tertiary alicyclic amines) is 2. The Labute approximate surface area is 185 Å². The number of methoxy groups -OCH3 is 1. The van der Waals surface area contributed by atoms with Crippen molar-refractivity contribution in [2.75, 3.05) is 33.3 Å². The number of nitrogens with zero attached hydrogens (tertiary/aromatic N) is 2. The summed E-state index contributed by atoms with van der Waals surface area (Å²) in [7, 11) is 1.72. The average molecular weight is 425 g/mol. The Kier molecular flexibility index (Phi) is 4.66. The molecule has 168 valence electrons. The Morgan fingerprint density at radius 2 is 1.97 bits per heavy atom. The summed E-state index contributed by atoms with van der Waals surface area (Å²) in [5, 5.41) is 12.5. The van der Waals surface area contributed by atoms with Crippen LogP contribution in [0.3, 0.4) is 0 Å². The van der Waals surface area contributed by atoms with Crippen molar-refractivity contribution in [3.05, 3.63) is 29.3 Å². The molecule has 6 rings (SSSR count). The molecule has 0 radical (unpaired) electrons. The summed E-state index contributed by atoms with van der Waals surface area (Å²) in [6.07, 6.45) is 9.35. The number of piperidine rings is 2. The fourth-order valence-corrected chi connectivity index (χ4v) is 7.49. The van der Waals surface area contributed by atoms with E-state index in [2.05, 4.69) is 28.0 Å². The molecule has 1 amide bonds. The van der Waals surface area contributed by atoms with Gasteiger partial charge in [0.2, 0.25) is 5.91 Å². The lowest BCUT2D eigenvalue weighted by molar-refractivity contribution is -0.140. The van der Waals surface area contributed by atoms with E-state index in [-0.39, 0.29) is 17.4 Å². The Bertz CT molecular complexity index is 877. The molecule has 5 nitrogen and oxygen atoms in total. The van der Waals surface area contributed by atoms with Gasteiger partial charge in [-0.25, -0.2) is 0 Å². The number of amides is 1. The summed E-state index contributed by atoms with van der Waals surface area (Å²) in [4.78, 5) is 18.2. The highest BCUT2D eigenvalue weighted by molar-refractivity contribution is 5.80. The molecule has 1 N–H and O–H groups in total. The Morgan fingerprint density at radius 1 is 1.16 bits per heavy atom. The van der Waals surface area contributed by atoms with Crippen LogP contribution in [0.2, 0.25) is 0 Å². The summed E-state index contributed by atoms with van der Waals surface area (Å²) in [6, 6.07) is 6.57. The molecule has 2 bridgehead atoms. The quantitative estimate of drug-likeness (QED) is 0.807. The molecule has 2 aliphatic heterocycles. The lowest BCUT2D eigenvalue weighted by Gasteiger charge is -2.59. The molecule has 5 heteroatoms. The summed E-state index contributed by atoms with van der Waals surface area (Å²) in [6.45, 7) is 3.93. The molecule has 31 heavy (non-hydrogen) atoms. The fourth-order valence-electron chi connectivity index (χ4n) is 7.49. The molecule has 0 spiro atoms. The highest BCUT2D eigenvalue weighted by atomic mass is 16.5. The number of fused-ring (bicyclic) bond motifs is 1. The number of carbonyl (C=O) groups is 1. The van der Waals surface area contributed by atoms with Crippen LogP contribution in [0.1, 0.15) is 62.5 Å². The average Bonchev–Trinajstić information content (AvgIpc) is 3.54. The minimum atomic E-state index is -0.824. The molecular weight excluding hydrogens is 388 g/mol. The second-order valence-corrected chi connectivity index (χ2v) is 10.9. The van der Waals surface area contributed by atoms with E-state index in [1.807, 2.05) is 0 Å². The van der Waals surface area contributed by atoms with Gasteiger partial charge in [-0.3, -0.25) is 9.69 Å². The minimum Gasteiger partial charge on any atom is -0.497 e. The smallest absolute Gasteiger partial charge is 0.225 e. The molecule has 0 aromatic heterocycles. The van der Waals surface area contributed by atoms with E-state index in [0.29, 0.717) is 12.3 Å². The van der Waals surface area contributed by atoms with Gasteiger partial charge in [0.05, 0.1) is 12.7 Å². The second kappa shape index (κ2) is 7.21. The van der Waals surface area contributed by atoms with Gasteiger partial charge < -0.3 is 14.7 Å². The zero-order valence-corrected chi connectivity index (χ0v) is 18.8. The van der Waals surface area contributed by atoms with Crippen molar-refractivity contribution >= 4 is 5.91 Å². The van der Waals surface area contributed by atoms with Crippen LogP contribution >= 0.6 is 0 Å². The SMILES string of the molecule is COc1ccc2c(c1)[C@]13CCN(CC4CC4)[C@H](C2)[C@]1(O)C[C@H](C(=O)N1CCCCC1)C3. The molecule has 4 fully saturated rings. The van der Waals surface area contributed by atoms with E-state index < -0.39 is 5.60 Å².